The fourth-order valence-electron chi connectivity index (χ4n) is 2.44. The van der Waals surface area contributed by atoms with Crippen molar-refractivity contribution >= 4 is 22.9 Å². The fraction of sp³-hybridized carbons (Fsp3) is 0.125. The van der Waals surface area contributed by atoms with Crippen molar-refractivity contribution in [1.82, 2.24) is 9.38 Å². The van der Waals surface area contributed by atoms with E-state index in [1.807, 2.05) is 11.3 Å². The molecule has 0 saturated heterocycles. The molecule has 8 heteroatoms. The monoisotopic (exact) mass is 326 g/mol. The summed E-state index contributed by atoms with van der Waals surface area (Å²) in [4.78, 5) is 27.3. The molecule has 1 amide bonds. The smallest absolute Gasteiger partial charge is 0.282 e. The maximum Gasteiger partial charge on any atom is 0.282 e. The van der Waals surface area contributed by atoms with Crippen molar-refractivity contribution in [3.63, 3.8) is 0 Å². The van der Waals surface area contributed by atoms with Crippen LogP contribution in [0.1, 0.15) is 16.1 Å². The van der Waals surface area contributed by atoms with Gasteiger partial charge in [0.2, 0.25) is 0 Å². The number of carbonyl (C=O) groups is 1. The average Bonchev–Trinajstić information content (AvgIpc) is 3.06. The molecule has 0 aliphatic heterocycles. The summed E-state index contributed by atoms with van der Waals surface area (Å²) >= 11 is 0. The molecule has 1 aromatic carbocycles. The lowest BCUT2D eigenvalue weighted by Gasteiger charge is -2.11. The van der Waals surface area contributed by atoms with E-state index in [-0.39, 0.29) is 11.3 Å². The molecule has 0 spiro atoms. The van der Waals surface area contributed by atoms with Gasteiger partial charge in [0.05, 0.1) is 17.7 Å². The molecular formula is C16H14N4O4. The number of anilines is 1. The van der Waals surface area contributed by atoms with E-state index in [0.29, 0.717) is 11.4 Å². The second-order valence-corrected chi connectivity index (χ2v) is 5.08. The van der Waals surface area contributed by atoms with Crippen LogP contribution in [0.25, 0.3) is 5.65 Å². The lowest BCUT2D eigenvalue weighted by molar-refractivity contribution is -0.385. The number of hydrogen-bond donors (Lipinski definition) is 1. The van der Waals surface area contributed by atoms with E-state index in [4.69, 9.17) is 4.74 Å². The number of methoxy groups -OCH3 is 1. The number of carbonyl (C=O) groups excluding carboxylic acids is 1. The van der Waals surface area contributed by atoms with Crippen molar-refractivity contribution in [2.24, 2.45) is 0 Å². The first kappa shape index (κ1) is 15.5. The van der Waals surface area contributed by atoms with Gasteiger partial charge in [0.1, 0.15) is 17.0 Å². The second kappa shape index (κ2) is 5.99. The summed E-state index contributed by atoms with van der Waals surface area (Å²) in [7, 11) is 1.43. The van der Waals surface area contributed by atoms with E-state index >= 15 is 0 Å². The molecule has 0 fully saturated rings. The van der Waals surface area contributed by atoms with E-state index in [1.54, 1.807) is 24.5 Å². The van der Waals surface area contributed by atoms with E-state index in [9.17, 15) is 14.9 Å². The highest BCUT2D eigenvalue weighted by molar-refractivity contribution is 6.07. The molecule has 3 aromatic rings. The minimum absolute atomic E-state index is 0.0653. The molecule has 0 saturated carbocycles. The molecule has 0 unspecified atom stereocenters. The SMILES string of the molecule is COc1ccc([N+](=O)[O-])c(C(=O)Nc2ccc3nccn3c2C)c1. The van der Waals surface area contributed by atoms with Crippen molar-refractivity contribution in [2.45, 2.75) is 6.92 Å². The van der Waals surface area contributed by atoms with Crippen LogP contribution >= 0.6 is 0 Å². The number of imidazole rings is 1. The van der Waals surface area contributed by atoms with Gasteiger partial charge in [-0.15, -0.1) is 0 Å². The van der Waals surface area contributed by atoms with Crippen LogP contribution in [0.5, 0.6) is 5.75 Å². The van der Waals surface area contributed by atoms with Crippen molar-refractivity contribution in [3.05, 3.63) is 64.1 Å². The molecule has 0 radical (unpaired) electrons. The number of nitro groups is 1. The highest BCUT2D eigenvalue weighted by Crippen LogP contribution is 2.26. The van der Waals surface area contributed by atoms with Crippen molar-refractivity contribution in [2.75, 3.05) is 12.4 Å². The molecule has 122 valence electrons. The predicted molar refractivity (Wildman–Crippen MR) is 87.5 cm³/mol. The molecule has 8 nitrogen and oxygen atoms in total. The Labute approximate surface area is 136 Å². The summed E-state index contributed by atoms with van der Waals surface area (Å²) in [5.41, 5.74) is 1.71. The minimum atomic E-state index is -0.597. The van der Waals surface area contributed by atoms with Gasteiger partial charge >= 0.3 is 0 Å². The summed E-state index contributed by atoms with van der Waals surface area (Å²) in [6.45, 7) is 1.82. The zero-order chi connectivity index (χ0) is 17.3. The molecule has 0 aliphatic rings. The summed E-state index contributed by atoms with van der Waals surface area (Å²) in [5.74, 6) is -0.212. The van der Waals surface area contributed by atoms with E-state index < -0.39 is 10.8 Å². The summed E-state index contributed by atoms with van der Waals surface area (Å²) in [5, 5.41) is 13.9. The first-order chi connectivity index (χ1) is 11.5. The molecule has 1 N–H and O–H groups in total. The standard InChI is InChI=1S/C16H14N4O4/c1-10-13(4-6-15-17-7-8-19(10)15)18-16(21)12-9-11(24-2)3-5-14(12)20(22)23/h3-9H,1-2H3,(H,18,21). The van der Waals surface area contributed by atoms with Gasteiger partial charge in [0.25, 0.3) is 11.6 Å². The van der Waals surface area contributed by atoms with Gasteiger partial charge in [-0.2, -0.15) is 0 Å². The zero-order valence-corrected chi connectivity index (χ0v) is 13.0. The van der Waals surface area contributed by atoms with Crippen molar-refractivity contribution < 1.29 is 14.5 Å². The number of aromatic nitrogens is 2. The third kappa shape index (κ3) is 2.65. The number of pyridine rings is 1. The number of nitrogens with zero attached hydrogens (tertiary/aromatic N) is 3. The molecular weight excluding hydrogens is 312 g/mol. The minimum Gasteiger partial charge on any atom is -0.497 e. The Morgan fingerprint density at radius 1 is 1.33 bits per heavy atom. The lowest BCUT2D eigenvalue weighted by atomic mass is 10.1. The summed E-state index contributed by atoms with van der Waals surface area (Å²) in [6.07, 6.45) is 3.43. The van der Waals surface area contributed by atoms with Crippen molar-refractivity contribution in [1.29, 1.82) is 0 Å². The van der Waals surface area contributed by atoms with Gasteiger partial charge in [-0.05, 0) is 31.2 Å². The number of ether oxygens (including phenoxy) is 1. The number of rotatable bonds is 4. The van der Waals surface area contributed by atoms with Crippen LogP contribution < -0.4 is 10.1 Å². The molecule has 2 heterocycles. The predicted octanol–water partition coefficient (Wildman–Crippen LogP) is 2.81. The Morgan fingerprint density at radius 3 is 2.83 bits per heavy atom. The molecule has 0 aliphatic carbocycles. The molecule has 2 aromatic heterocycles. The molecule has 0 atom stereocenters. The number of amides is 1. The Bertz CT molecular complexity index is 948. The highest BCUT2D eigenvalue weighted by Gasteiger charge is 2.22. The van der Waals surface area contributed by atoms with Crippen LogP contribution in [0, 0.1) is 17.0 Å². The third-order valence-electron chi connectivity index (χ3n) is 3.71. The average molecular weight is 326 g/mol. The van der Waals surface area contributed by atoms with E-state index in [2.05, 4.69) is 10.3 Å². The maximum atomic E-state index is 12.5. The first-order valence-electron chi connectivity index (χ1n) is 7.07. The third-order valence-corrected chi connectivity index (χ3v) is 3.71. The van der Waals surface area contributed by atoms with Gasteiger partial charge in [-0.25, -0.2) is 4.98 Å². The van der Waals surface area contributed by atoms with Crippen molar-refractivity contribution in [3.8, 4) is 5.75 Å². The van der Waals surface area contributed by atoms with Gasteiger partial charge in [0, 0.05) is 24.2 Å². The van der Waals surface area contributed by atoms with Crippen LogP contribution in [0.2, 0.25) is 0 Å². The van der Waals surface area contributed by atoms with E-state index in [1.165, 1.54) is 25.3 Å². The summed E-state index contributed by atoms with van der Waals surface area (Å²) in [6, 6.07) is 7.50. The Kier molecular flexibility index (Phi) is 3.87. The van der Waals surface area contributed by atoms with Gasteiger partial charge in [-0.3, -0.25) is 14.9 Å². The molecule has 3 rings (SSSR count). The summed E-state index contributed by atoms with van der Waals surface area (Å²) < 4.78 is 6.86. The number of fused-ring (bicyclic) bond motifs is 1. The Morgan fingerprint density at radius 2 is 2.12 bits per heavy atom. The second-order valence-electron chi connectivity index (χ2n) is 5.08. The normalized spacial score (nSPS) is 10.6. The quantitative estimate of drug-likeness (QED) is 0.587. The van der Waals surface area contributed by atoms with Gasteiger partial charge < -0.3 is 14.5 Å². The zero-order valence-electron chi connectivity index (χ0n) is 13.0. The van der Waals surface area contributed by atoms with Gasteiger partial charge in [0.15, 0.2) is 0 Å². The largest absolute Gasteiger partial charge is 0.497 e. The first-order valence-corrected chi connectivity index (χ1v) is 7.07. The highest BCUT2D eigenvalue weighted by atomic mass is 16.6. The number of nitrogens with one attached hydrogen (secondary N) is 1. The van der Waals surface area contributed by atoms with Crippen LogP contribution in [0.15, 0.2) is 42.7 Å². The van der Waals surface area contributed by atoms with Crippen LogP contribution in [-0.4, -0.2) is 27.3 Å². The topological polar surface area (TPSA) is 98.8 Å². The number of benzene rings is 1. The Hall–Kier alpha value is -3.42. The van der Waals surface area contributed by atoms with Crippen LogP contribution in [-0.2, 0) is 0 Å². The van der Waals surface area contributed by atoms with Gasteiger partial charge in [-0.1, -0.05) is 0 Å². The molecule has 24 heavy (non-hydrogen) atoms. The van der Waals surface area contributed by atoms with E-state index in [0.717, 1.165) is 11.3 Å². The van der Waals surface area contributed by atoms with Crippen LogP contribution in [0.3, 0.4) is 0 Å². The number of nitro benzene ring substituents is 1. The fourth-order valence-corrected chi connectivity index (χ4v) is 2.44. The lowest BCUT2D eigenvalue weighted by Crippen LogP contribution is -2.15. The van der Waals surface area contributed by atoms with Crippen LogP contribution in [0.4, 0.5) is 11.4 Å². The Balaban J connectivity index is 1.99. The maximum absolute atomic E-state index is 12.5. The number of aryl methyl sites for hydroxylation is 1. The number of hydrogen-bond acceptors (Lipinski definition) is 5. The molecule has 0 bridgehead atoms.